The molecule has 7 nitrogen and oxygen atoms in total. The van der Waals surface area contributed by atoms with Crippen LogP contribution in [0.3, 0.4) is 0 Å². The number of aryl methyl sites for hydroxylation is 2. The maximum atomic E-state index is 11.9. The van der Waals surface area contributed by atoms with Gasteiger partial charge in [-0.25, -0.2) is 0 Å². The molecule has 0 atom stereocenters. The van der Waals surface area contributed by atoms with Gasteiger partial charge >= 0.3 is 0 Å². The Kier molecular flexibility index (Phi) is 6.22. The smallest absolute Gasteiger partial charge is 0.269 e. The van der Waals surface area contributed by atoms with Crippen molar-refractivity contribution in [2.75, 3.05) is 0 Å². The fraction of sp³-hybridized carbons (Fsp3) is 0.222. The molecule has 0 saturated carbocycles. The number of hydrogen-bond donors (Lipinski definition) is 2. The number of hydrogen-bond acceptors (Lipinski definition) is 4. The third-order valence-corrected chi connectivity index (χ3v) is 3.73. The summed E-state index contributed by atoms with van der Waals surface area (Å²) in [5.74, 6) is -0.842. The Morgan fingerprint density at radius 1 is 0.960 bits per heavy atom. The molecule has 0 unspecified atom stereocenters. The molecular weight excluding hydrogens is 322 g/mol. The van der Waals surface area contributed by atoms with Gasteiger partial charge in [-0.15, -0.1) is 0 Å². The minimum Gasteiger partial charge on any atom is -0.273 e. The number of benzene rings is 2. The van der Waals surface area contributed by atoms with Crippen LogP contribution in [0.4, 0.5) is 5.69 Å². The van der Waals surface area contributed by atoms with Gasteiger partial charge in [0, 0.05) is 24.1 Å². The first kappa shape index (κ1) is 18.1. The lowest BCUT2D eigenvalue weighted by molar-refractivity contribution is -0.384. The number of carbonyl (C=O) groups is 2. The van der Waals surface area contributed by atoms with Gasteiger partial charge < -0.3 is 0 Å². The van der Waals surface area contributed by atoms with Crippen molar-refractivity contribution in [2.24, 2.45) is 0 Å². The van der Waals surface area contributed by atoms with Crippen molar-refractivity contribution >= 4 is 17.5 Å². The molecule has 0 heterocycles. The Balaban J connectivity index is 1.78. The van der Waals surface area contributed by atoms with Gasteiger partial charge in [0.15, 0.2) is 0 Å². The lowest BCUT2D eigenvalue weighted by Gasteiger charge is -2.07. The normalized spacial score (nSPS) is 10.1. The predicted octanol–water partition coefficient (Wildman–Crippen LogP) is 2.55. The summed E-state index contributed by atoms with van der Waals surface area (Å²) in [7, 11) is 0. The fourth-order valence-electron chi connectivity index (χ4n) is 2.20. The van der Waals surface area contributed by atoms with E-state index in [2.05, 4.69) is 17.8 Å². The third kappa shape index (κ3) is 5.42. The highest BCUT2D eigenvalue weighted by Crippen LogP contribution is 2.11. The molecule has 0 fully saturated rings. The van der Waals surface area contributed by atoms with Crippen LogP contribution in [0.1, 0.15) is 34.8 Å². The number of nitrogens with one attached hydrogen (secondary N) is 2. The summed E-state index contributed by atoms with van der Waals surface area (Å²) in [6, 6.07) is 13.2. The molecule has 0 radical (unpaired) electrons. The molecule has 2 aromatic rings. The zero-order chi connectivity index (χ0) is 18.2. The lowest BCUT2D eigenvalue weighted by atomic mass is 10.1. The maximum Gasteiger partial charge on any atom is 0.269 e. The van der Waals surface area contributed by atoms with E-state index in [9.17, 15) is 19.7 Å². The molecule has 25 heavy (non-hydrogen) atoms. The number of nitrogens with zero attached hydrogens (tertiary/aromatic N) is 1. The van der Waals surface area contributed by atoms with Crippen LogP contribution in [-0.2, 0) is 17.6 Å². The third-order valence-electron chi connectivity index (χ3n) is 3.73. The Labute approximate surface area is 145 Å². The summed E-state index contributed by atoms with van der Waals surface area (Å²) in [6.07, 6.45) is 1.78. The van der Waals surface area contributed by atoms with Crippen molar-refractivity contribution in [3.05, 3.63) is 75.3 Å². The first-order valence-electron chi connectivity index (χ1n) is 7.91. The highest BCUT2D eigenvalue weighted by molar-refractivity contribution is 5.95. The van der Waals surface area contributed by atoms with E-state index < -0.39 is 10.8 Å². The summed E-state index contributed by atoms with van der Waals surface area (Å²) >= 11 is 0. The summed E-state index contributed by atoms with van der Waals surface area (Å²) in [5.41, 5.74) is 7.04. The first-order chi connectivity index (χ1) is 12.0. The number of hydrazine groups is 1. The number of amides is 2. The van der Waals surface area contributed by atoms with Crippen molar-refractivity contribution < 1.29 is 14.5 Å². The van der Waals surface area contributed by atoms with E-state index in [0.29, 0.717) is 6.42 Å². The molecule has 0 aliphatic rings. The molecule has 2 aromatic carbocycles. The molecule has 2 amide bonds. The van der Waals surface area contributed by atoms with Crippen molar-refractivity contribution in [3.63, 3.8) is 0 Å². The Morgan fingerprint density at radius 3 is 2.12 bits per heavy atom. The largest absolute Gasteiger partial charge is 0.273 e. The van der Waals surface area contributed by atoms with Crippen LogP contribution in [0.5, 0.6) is 0 Å². The Bertz CT molecular complexity index is 755. The van der Waals surface area contributed by atoms with Gasteiger partial charge in [0.1, 0.15) is 0 Å². The lowest BCUT2D eigenvalue weighted by Crippen LogP contribution is -2.41. The summed E-state index contributed by atoms with van der Waals surface area (Å²) < 4.78 is 0. The van der Waals surface area contributed by atoms with Crippen molar-refractivity contribution in [2.45, 2.75) is 26.2 Å². The van der Waals surface area contributed by atoms with E-state index in [1.165, 1.54) is 29.8 Å². The zero-order valence-corrected chi connectivity index (χ0v) is 13.8. The summed E-state index contributed by atoms with van der Waals surface area (Å²) in [4.78, 5) is 33.7. The first-order valence-corrected chi connectivity index (χ1v) is 7.91. The van der Waals surface area contributed by atoms with Crippen LogP contribution in [-0.4, -0.2) is 16.7 Å². The summed E-state index contributed by atoms with van der Waals surface area (Å²) in [6.45, 7) is 2.08. The second-order valence-electron chi connectivity index (χ2n) is 5.48. The van der Waals surface area contributed by atoms with Gasteiger partial charge in [-0.2, -0.15) is 0 Å². The quantitative estimate of drug-likeness (QED) is 0.623. The van der Waals surface area contributed by atoms with E-state index >= 15 is 0 Å². The van der Waals surface area contributed by atoms with E-state index in [-0.39, 0.29) is 23.6 Å². The average Bonchev–Trinajstić information content (AvgIpc) is 2.64. The predicted molar refractivity (Wildman–Crippen MR) is 92.8 cm³/mol. The van der Waals surface area contributed by atoms with Gasteiger partial charge in [-0.3, -0.25) is 30.6 Å². The Hall–Kier alpha value is -3.22. The van der Waals surface area contributed by atoms with Gasteiger partial charge in [0.05, 0.1) is 4.92 Å². The summed E-state index contributed by atoms with van der Waals surface area (Å²) in [5, 5.41) is 10.6. The molecule has 0 spiro atoms. The van der Waals surface area contributed by atoms with Gasteiger partial charge in [-0.1, -0.05) is 31.2 Å². The van der Waals surface area contributed by atoms with E-state index in [1.54, 1.807) is 0 Å². The molecule has 2 rings (SSSR count). The fourth-order valence-corrected chi connectivity index (χ4v) is 2.20. The molecule has 0 saturated heterocycles. The van der Waals surface area contributed by atoms with Gasteiger partial charge in [0.2, 0.25) is 5.91 Å². The van der Waals surface area contributed by atoms with Crippen molar-refractivity contribution in [1.29, 1.82) is 0 Å². The van der Waals surface area contributed by atoms with Crippen LogP contribution in [0.25, 0.3) is 0 Å². The van der Waals surface area contributed by atoms with E-state index in [0.717, 1.165) is 12.0 Å². The molecule has 7 heteroatoms. The minimum absolute atomic E-state index is 0.102. The number of carbonyl (C=O) groups excluding carboxylic acids is 2. The van der Waals surface area contributed by atoms with Crippen LogP contribution in [0.15, 0.2) is 48.5 Å². The molecule has 0 bridgehead atoms. The number of nitro benzene ring substituents is 1. The molecular formula is C18H19N3O4. The number of rotatable bonds is 6. The van der Waals surface area contributed by atoms with Crippen LogP contribution < -0.4 is 10.9 Å². The maximum absolute atomic E-state index is 11.9. The van der Waals surface area contributed by atoms with E-state index in [1.807, 2.05) is 24.3 Å². The van der Waals surface area contributed by atoms with Crippen LogP contribution in [0, 0.1) is 10.1 Å². The second kappa shape index (κ2) is 8.58. The average molecular weight is 341 g/mol. The molecule has 0 aliphatic carbocycles. The van der Waals surface area contributed by atoms with Crippen LogP contribution >= 0.6 is 0 Å². The van der Waals surface area contributed by atoms with E-state index in [4.69, 9.17) is 0 Å². The zero-order valence-electron chi connectivity index (χ0n) is 13.8. The van der Waals surface area contributed by atoms with Crippen molar-refractivity contribution in [1.82, 2.24) is 10.9 Å². The van der Waals surface area contributed by atoms with Crippen LogP contribution in [0.2, 0.25) is 0 Å². The van der Waals surface area contributed by atoms with Gasteiger partial charge in [0.25, 0.3) is 11.6 Å². The topological polar surface area (TPSA) is 101 Å². The van der Waals surface area contributed by atoms with Gasteiger partial charge in [-0.05, 0) is 36.1 Å². The minimum atomic E-state index is -0.545. The highest BCUT2D eigenvalue weighted by Gasteiger charge is 2.10. The SMILES string of the molecule is CCc1ccc(CCC(=O)NNC(=O)c2ccc([N+](=O)[O-])cc2)cc1. The molecule has 0 aromatic heterocycles. The Morgan fingerprint density at radius 2 is 1.56 bits per heavy atom. The second-order valence-corrected chi connectivity index (χ2v) is 5.48. The number of nitro groups is 1. The monoisotopic (exact) mass is 341 g/mol. The highest BCUT2D eigenvalue weighted by atomic mass is 16.6. The molecule has 130 valence electrons. The molecule has 0 aliphatic heterocycles. The number of non-ortho nitro benzene ring substituents is 1. The molecule has 2 N–H and O–H groups in total. The van der Waals surface area contributed by atoms with Crippen molar-refractivity contribution in [3.8, 4) is 0 Å². The standard InChI is InChI=1S/C18H19N3O4/c1-2-13-3-5-14(6-4-13)7-12-17(22)19-20-18(23)15-8-10-16(11-9-15)21(24)25/h3-6,8-11H,2,7,12H2,1H3,(H,19,22)(H,20,23).